The van der Waals surface area contributed by atoms with Gasteiger partial charge in [0, 0.05) is 12.1 Å². The van der Waals surface area contributed by atoms with E-state index in [0.29, 0.717) is 12.1 Å². The Morgan fingerprint density at radius 3 is 2.72 bits per heavy atom. The number of esters is 1. The number of benzene rings is 1. The predicted molar refractivity (Wildman–Crippen MR) is 71.1 cm³/mol. The van der Waals surface area contributed by atoms with Gasteiger partial charge < -0.3 is 15.6 Å². The van der Waals surface area contributed by atoms with Gasteiger partial charge in [-0.3, -0.25) is 4.79 Å². The summed E-state index contributed by atoms with van der Waals surface area (Å²) in [5, 5.41) is 9.51. The van der Waals surface area contributed by atoms with E-state index in [2.05, 4.69) is 0 Å². The van der Waals surface area contributed by atoms with Crippen LogP contribution in [0.25, 0.3) is 0 Å². The van der Waals surface area contributed by atoms with Crippen LogP contribution in [0.4, 0.5) is 5.69 Å². The molecule has 0 saturated carbocycles. The highest BCUT2D eigenvalue weighted by atomic mass is 16.5. The number of hydrogen-bond acceptors (Lipinski definition) is 4. The lowest BCUT2D eigenvalue weighted by Crippen LogP contribution is -2.23. The molecular formula is C14H21NO3. The Bertz CT molecular complexity index is 410. The Morgan fingerprint density at radius 2 is 2.17 bits per heavy atom. The van der Waals surface area contributed by atoms with Crippen molar-refractivity contribution in [3.8, 4) is 0 Å². The van der Waals surface area contributed by atoms with Gasteiger partial charge in [-0.05, 0) is 38.5 Å². The highest BCUT2D eigenvalue weighted by Crippen LogP contribution is 2.19. The average Bonchev–Trinajstić information content (AvgIpc) is 2.26. The van der Waals surface area contributed by atoms with Gasteiger partial charge in [-0.25, -0.2) is 0 Å². The SMILES string of the molecule is CC(C(=O)OCCC(C)(C)O)c1cccc(N)c1. The summed E-state index contributed by atoms with van der Waals surface area (Å²) < 4.78 is 5.13. The Labute approximate surface area is 108 Å². The first-order valence-electron chi connectivity index (χ1n) is 6.04. The molecule has 0 bridgehead atoms. The maximum atomic E-state index is 11.8. The monoisotopic (exact) mass is 251 g/mol. The third-order valence-corrected chi connectivity index (χ3v) is 2.72. The molecule has 1 aromatic rings. The minimum atomic E-state index is -0.819. The summed E-state index contributed by atoms with van der Waals surface area (Å²) in [6.45, 7) is 5.36. The van der Waals surface area contributed by atoms with Gasteiger partial charge in [0.25, 0.3) is 0 Å². The van der Waals surface area contributed by atoms with E-state index in [0.717, 1.165) is 5.56 Å². The zero-order valence-corrected chi connectivity index (χ0v) is 11.1. The quantitative estimate of drug-likeness (QED) is 0.620. The molecule has 1 atom stereocenters. The van der Waals surface area contributed by atoms with Crippen molar-refractivity contribution >= 4 is 11.7 Å². The lowest BCUT2D eigenvalue weighted by Gasteiger charge is -2.18. The Hall–Kier alpha value is -1.55. The van der Waals surface area contributed by atoms with Crippen LogP contribution in [-0.2, 0) is 9.53 Å². The third-order valence-electron chi connectivity index (χ3n) is 2.72. The van der Waals surface area contributed by atoms with E-state index in [-0.39, 0.29) is 18.5 Å². The topological polar surface area (TPSA) is 72.5 Å². The minimum absolute atomic E-state index is 0.217. The Morgan fingerprint density at radius 1 is 1.50 bits per heavy atom. The molecule has 0 heterocycles. The molecule has 0 aliphatic carbocycles. The molecule has 18 heavy (non-hydrogen) atoms. The molecule has 0 aliphatic heterocycles. The molecule has 0 saturated heterocycles. The second kappa shape index (κ2) is 5.87. The van der Waals surface area contributed by atoms with E-state index in [1.54, 1.807) is 32.9 Å². The van der Waals surface area contributed by atoms with E-state index in [1.165, 1.54) is 0 Å². The summed E-state index contributed by atoms with van der Waals surface area (Å²) in [5.74, 6) is -0.653. The molecule has 4 heteroatoms. The molecule has 0 fully saturated rings. The fraction of sp³-hybridized carbons (Fsp3) is 0.500. The molecule has 0 amide bonds. The van der Waals surface area contributed by atoms with Gasteiger partial charge >= 0.3 is 5.97 Å². The number of carbonyl (C=O) groups is 1. The number of aliphatic hydroxyl groups is 1. The van der Waals surface area contributed by atoms with Gasteiger partial charge in [0.15, 0.2) is 0 Å². The molecule has 0 aliphatic rings. The molecule has 1 aromatic carbocycles. The highest BCUT2D eigenvalue weighted by molar-refractivity contribution is 5.78. The second-order valence-electron chi connectivity index (χ2n) is 5.12. The summed E-state index contributed by atoms with van der Waals surface area (Å²) in [7, 11) is 0. The van der Waals surface area contributed by atoms with Crippen LogP contribution in [0.5, 0.6) is 0 Å². The number of hydrogen-bond donors (Lipinski definition) is 2. The van der Waals surface area contributed by atoms with E-state index in [4.69, 9.17) is 10.5 Å². The number of anilines is 1. The number of nitrogens with two attached hydrogens (primary N) is 1. The smallest absolute Gasteiger partial charge is 0.313 e. The van der Waals surface area contributed by atoms with Crippen LogP contribution < -0.4 is 5.73 Å². The van der Waals surface area contributed by atoms with Gasteiger partial charge in [-0.1, -0.05) is 12.1 Å². The first kappa shape index (κ1) is 14.5. The number of carbonyl (C=O) groups excluding carboxylic acids is 1. The maximum absolute atomic E-state index is 11.8. The molecule has 0 radical (unpaired) electrons. The third kappa shape index (κ3) is 4.75. The Kier molecular flexibility index (Phi) is 4.73. The largest absolute Gasteiger partial charge is 0.465 e. The van der Waals surface area contributed by atoms with Crippen molar-refractivity contribution in [2.45, 2.75) is 38.7 Å². The van der Waals surface area contributed by atoms with E-state index in [9.17, 15) is 9.90 Å². The molecule has 0 aromatic heterocycles. The normalized spacial score (nSPS) is 13.1. The fourth-order valence-corrected chi connectivity index (χ4v) is 1.49. The van der Waals surface area contributed by atoms with E-state index in [1.807, 2.05) is 12.1 Å². The van der Waals surface area contributed by atoms with Gasteiger partial charge in [0.05, 0.1) is 18.1 Å². The highest BCUT2D eigenvalue weighted by Gasteiger charge is 2.19. The summed E-state index contributed by atoms with van der Waals surface area (Å²) in [4.78, 5) is 11.8. The minimum Gasteiger partial charge on any atom is -0.465 e. The number of ether oxygens (including phenoxy) is 1. The standard InChI is InChI=1S/C14H21NO3/c1-10(11-5-4-6-12(15)9-11)13(16)18-8-7-14(2,3)17/h4-6,9-10,17H,7-8,15H2,1-3H3. The average molecular weight is 251 g/mol. The Balaban J connectivity index is 2.52. The summed E-state index contributed by atoms with van der Waals surface area (Å²) in [5.41, 5.74) is 6.31. The molecular weight excluding hydrogens is 230 g/mol. The van der Waals surface area contributed by atoms with Crippen LogP contribution in [-0.4, -0.2) is 23.3 Å². The van der Waals surface area contributed by atoms with Crippen LogP contribution in [0.2, 0.25) is 0 Å². The zero-order valence-electron chi connectivity index (χ0n) is 11.1. The lowest BCUT2D eigenvalue weighted by molar-refractivity contribution is -0.146. The number of nitrogen functional groups attached to an aromatic ring is 1. The molecule has 100 valence electrons. The molecule has 1 rings (SSSR count). The van der Waals surface area contributed by atoms with Gasteiger partial charge in [0.2, 0.25) is 0 Å². The molecule has 1 unspecified atom stereocenters. The van der Waals surface area contributed by atoms with Crippen molar-refractivity contribution in [3.05, 3.63) is 29.8 Å². The van der Waals surface area contributed by atoms with Crippen molar-refractivity contribution in [2.75, 3.05) is 12.3 Å². The van der Waals surface area contributed by atoms with Crippen molar-refractivity contribution in [3.63, 3.8) is 0 Å². The van der Waals surface area contributed by atoms with Crippen molar-refractivity contribution in [1.82, 2.24) is 0 Å². The fourth-order valence-electron chi connectivity index (χ4n) is 1.49. The second-order valence-corrected chi connectivity index (χ2v) is 5.12. The zero-order chi connectivity index (χ0) is 13.8. The first-order chi connectivity index (χ1) is 8.29. The summed E-state index contributed by atoms with van der Waals surface area (Å²) in [6, 6.07) is 7.20. The van der Waals surface area contributed by atoms with Crippen LogP contribution in [0.3, 0.4) is 0 Å². The first-order valence-corrected chi connectivity index (χ1v) is 6.04. The predicted octanol–water partition coefficient (Wildman–Crippen LogP) is 2.08. The maximum Gasteiger partial charge on any atom is 0.313 e. The van der Waals surface area contributed by atoms with E-state index >= 15 is 0 Å². The lowest BCUT2D eigenvalue weighted by atomic mass is 10.0. The van der Waals surface area contributed by atoms with Crippen LogP contribution >= 0.6 is 0 Å². The van der Waals surface area contributed by atoms with E-state index < -0.39 is 5.60 Å². The molecule has 3 N–H and O–H groups in total. The molecule has 0 spiro atoms. The van der Waals surface area contributed by atoms with Gasteiger partial charge in [-0.2, -0.15) is 0 Å². The van der Waals surface area contributed by atoms with Crippen LogP contribution in [0.1, 0.15) is 38.7 Å². The van der Waals surface area contributed by atoms with Crippen LogP contribution in [0.15, 0.2) is 24.3 Å². The number of rotatable bonds is 5. The van der Waals surface area contributed by atoms with Crippen LogP contribution in [0, 0.1) is 0 Å². The van der Waals surface area contributed by atoms with Crippen molar-refractivity contribution in [1.29, 1.82) is 0 Å². The van der Waals surface area contributed by atoms with Crippen molar-refractivity contribution in [2.24, 2.45) is 0 Å². The van der Waals surface area contributed by atoms with Gasteiger partial charge in [0.1, 0.15) is 0 Å². The van der Waals surface area contributed by atoms with Crippen molar-refractivity contribution < 1.29 is 14.6 Å². The summed E-state index contributed by atoms with van der Waals surface area (Å²) >= 11 is 0. The van der Waals surface area contributed by atoms with Gasteiger partial charge in [-0.15, -0.1) is 0 Å². The summed E-state index contributed by atoms with van der Waals surface area (Å²) in [6.07, 6.45) is 0.419. The molecule has 4 nitrogen and oxygen atoms in total.